The first-order valence-electron chi connectivity index (χ1n) is 6.47. The molecule has 20 heavy (non-hydrogen) atoms. The Balaban J connectivity index is 2.42. The summed E-state index contributed by atoms with van der Waals surface area (Å²) in [5, 5.41) is 26.8. The summed E-state index contributed by atoms with van der Waals surface area (Å²) in [7, 11) is 0. The lowest BCUT2D eigenvalue weighted by molar-refractivity contribution is -0.142. The molecule has 0 radical (unpaired) electrons. The molecule has 0 fully saturated rings. The number of rotatable bonds is 10. The molecule has 114 valence electrons. The molecule has 0 saturated carbocycles. The molecule has 0 saturated heterocycles. The van der Waals surface area contributed by atoms with Crippen molar-refractivity contribution in [2.45, 2.75) is 32.2 Å². The second-order valence-corrected chi connectivity index (χ2v) is 4.36. The predicted octanol–water partition coefficient (Wildman–Crippen LogP) is -0.312. The monoisotopic (exact) mass is 288 g/mol. The molecule has 0 aliphatic heterocycles. The number of nitrogens with zero attached hydrogens (tertiary/aromatic N) is 1. The van der Waals surface area contributed by atoms with Crippen LogP contribution in [0, 0.1) is 0 Å². The fourth-order valence-electron chi connectivity index (χ4n) is 1.87. The lowest BCUT2D eigenvalue weighted by Gasteiger charge is -2.07. The van der Waals surface area contributed by atoms with Gasteiger partial charge in [-0.15, -0.1) is 0 Å². The molecule has 0 unspecified atom stereocenters. The van der Waals surface area contributed by atoms with E-state index < -0.39 is 11.7 Å². The van der Waals surface area contributed by atoms with Crippen LogP contribution in [0.15, 0.2) is 4.79 Å². The van der Waals surface area contributed by atoms with E-state index in [4.69, 9.17) is 14.9 Å². The van der Waals surface area contributed by atoms with E-state index in [-0.39, 0.29) is 19.1 Å². The average molecular weight is 288 g/mol. The van der Waals surface area contributed by atoms with Crippen molar-refractivity contribution in [2.24, 2.45) is 0 Å². The van der Waals surface area contributed by atoms with Gasteiger partial charge in [0.2, 0.25) is 5.88 Å². The molecule has 8 heteroatoms. The van der Waals surface area contributed by atoms with E-state index in [0.717, 1.165) is 0 Å². The fraction of sp³-hybridized carbons (Fsp3) is 0.667. The average Bonchev–Trinajstić information content (AvgIpc) is 2.65. The molecule has 1 heterocycles. The first-order valence-corrected chi connectivity index (χ1v) is 6.47. The minimum atomic E-state index is -1.01. The van der Waals surface area contributed by atoms with Crippen LogP contribution < -0.4 is 5.69 Å². The number of hydrogen-bond acceptors (Lipinski definition) is 5. The number of aromatic nitrogens is 2. The number of carboxylic acids is 1. The van der Waals surface area contributed by atoms with Gasteiger partial charge >= 0.3 is 11.7 Å². The predicted molar refractivity (Wildman–Crippen MR) is 69.8 cm³/mol. The minimum absolute atomic E-state index is 0.0269. The summed E-state index contributed by atoms with van der Waals surface area (Å²) in [4.78, 5) is 24.1. The van der Waals surface area contributed by atoms with Crippen molar-refractivity contribution >= 4 is 5.97 Å². The van der Waals surface area contributed by atoms with Crippen LogP contribution in [0.5, 0.6) is 5.88 Å². The highest BCUT2D eigenvalue weighted by molar-refractivity contribution is 5.67. The summed E-state index contributed by atoms with van der Waals surface area (Å²) in [5.74, 6) is -1.16. The van der Waals surface area contributed by atoms with E-state index in [0.29, 0.717) is 44.5 Å². The molecule has 1 aromatic heterocycles. The van der Waals surface area contributed by atoms with Crippen LogP contribution in [-0.4, -0.2) is 50.7 Å². The zero-order valence-corrected chi connectivity index (χ0v) is 11.2. The summed E-state index contributed by atoms with van der Waals surface area (Å²) in [6, 6.07) is 0. The van der Waals surface area contributed by atoms with Crippen LogP contribution in [0.1, 0.15) is 25.0 Å². The van der Waals surface area contributed by atoms with E-state index in [1.165, 1.54) is 4.57 Å². The van der Waals surface area contributed by atoms with Gasteiger partial charge in [-0.2, -0.15) is 0 Å². The Kier molecular flexibility index (Phi) is 6.82. The van der Waals surface area contributed by atoms with Crippen molar-refractivity contribution in [3.8, 4) is 5.88 Å². The van der Waals surface area contributed by atoms with Gasteiger partial charge in [0.25, 0.3) is 0 Å². The number of aromatic amines is 1. The highest BCUT2D eigenvalue weighted by atomic mass is 16.5. The van der Waals surface area contributed by atoms with Gasteiger partial charge in [-0.25, -0.2) is 9.59 Å². The standard InChI is InChI=1S/C12H20N2O6/c15-6-3-5-14-9(11(18)13-12(14)19)4-1-2-7-20-8-10(16)17/h15,18H,1-8H2,(H,13,19)(H,16,17). The van der Waals surface area contributed by atoms with Crippen LogP contribution in [0.3, 0.4) is 0 Å². The van der Waals surface area contributed by atoms with Crippen molar-refractivity contribution in [3.63, 3.8) is 0 Å². The topological polar surface area (TPSA) is 125 Å². The van der Waals surface area contributed by atoms with Crippen LogP contribution >= 0.6 is 0 Å². The molecule has 0 aliphatic rings. The number of ether oxygens (including phenoxy) is 1. The van der Waals surface area contributed by atoms with Gasteiger partial charge in [0, 0.05) is 19.8 Å². The molecule has 0 spiro atoms. The number of carbonyl (C=O) groups is 1. The smallest absolute Gasteiger partial charge is 0.329 e. The molecular weight excluding hydrogens is 268 g/mol. The number of aliphatic hydroxyl groups is 1. The molecule has 4 N–H and O–H groups in total. The van der Waals surface area contributed by atoms with E-state index in [1.807, 2.05) is 0 Å². The highest BCUT2D eigenvalue weighted by Crippen LogP contribution is 2.15. The van der Waals surface area contributed by atoms with E-state index >= 15 is 0 Å². The molecule has 0 bridgehead atoms. The van der Waals surface area contributed by atoms with E-state index in [9.17, 15) is 14.7 Å². The van der Waals surface area contributed by atoms with Crippen molar-refractivity contribution < 1.29 is 24.9 Å². The third kappa shape index (κ3) is 5.06. The maximum absolute atomic E-state index is 11.6. The van der Waals surface area contributed by atoms with Crippen molar-refractivity contribution in [1.29, 1.82) is 0 Å². The van der Waals surface area contributed by atoms with Gasteiger partial charge in [-0.05, 0) is 25.7 Å². The zero-order valence-electron chi connectivity index (χ0n) is 11.2. The van der Waals surface area contributed by atoms with Gasteiger partial charge in [0.1, 0.15) is 6.61 Å². The Hall–Kier alpha value is -1.80. The fourth-order valence-corrected chi connectivity index (χ4v) is 1.87. The molecule has 0 aliphatic carbocycles. The number of hydrogen-bond donors (Lipinski definition) is 4. The lowest BCUT2D eigenvalue weighted by atomic mass is 10.2. The Morgan fingerprint density at radius 3 is 2.70 bits per heavy atom. The molecule has 0 aromatic carbocycles. The molecule has 1 aromatic rings. The summed E-state index contributed by atoms with van der Waals surface area (Å²) in [5.41, 5.74) is 0.106. The van der Waals surface area contributed by atoms with Gasteiger partial charge in [-0.1, -0.05) is 0 Å². The second kappa shape index (κ2) is 8.39. The molecule has 0 atom stereocenters. The molecule has 0 amide bonds. The number of nitrogens with one attached hydrogen (secondary N) is 1. The first-order chi connectivity index (χ1) is 9.56. The Labute approximate surface area is 115 Å². The Morgan fingerprint density at radius 1 is 1.30 bits per heavy atom. The first kappa shape index (κ1) is 16.3. The summed E-state index contributed by atoms with van der Waals surface area (Å²) < 4.78 is 6.30. The van der Waals surface area contributed by atoms with Crippen LogP contribution in [0.25, 0.3) is 0 Å². The molecule has 1 rings (SSSR count). The number of H-pyrrole nitrogens is 1. The number of unbranched alkanes of at least 4 members (excludes halogenated alkanes) is 1. The SMILES string of the molecule is O=C(O)COCCCCc1c(O)[nH]c(=O)n1CCCO. The number of imidazole rings is 1. The molecular formula is C12H20N2O6. The van der Waals surface area contributed by atoms with Crippen LogP contribution in [-0.2, 0) is 22.5 Å². The van der Waals surface area contributed by atoms with E-state index in [1.54, 1.807) is 0 Å². The van der Waals surface area contributed by atoms with Crippen molar-refractivity contribution in [1.82, 2.24) is 9.55 Å². The maximum Gasteiger partial charge on any atom is 0.329 e. The number of aromatic hydroxyl groups is 1. The molecule has 8 nitrogen and oxygen atoms in total. The third-order valence-corrected chi connectivity index (χ3v) is 2.79. The maximum atomic E-state index is 11.6. The van der Waals surface area contributed by atoms with Crippen LogP contribution in [0.4, 0.5) is 0 Å². The van der Waals surface area contributed by atoms with Gasteiger partial charge < -0.3 is 20.1 Å². The number of aliphatic hydroxyl groups excluding tert-OH is 1. The number of carboxylic acid groups (broad SMARTS) is 1. The van der Waals surface area contributed by atoms with E-state index in [2.05, 4.69) is 4.98 Å². The number of aliphatic carboxylic acids is 1. The van der Waals surface area contributed by atoms with Gasteiger partial charge in [-0.3, -0.25) is 9.55 Å². The quantitative estimate of drug-likeness (QED) is 0.438. The largest absolute Gasteiger partial charge is 0.493 e. The minimum Gasteiger partial charge on any atom is -0.493 e. The summed E-state index contributed by atoms with van der Waals surface area (Å²) in [6.07, 6.45) is 2.20. The normalized spacial score (nSPS) is 10.8. The zero-order chi connectivity index (χ0) is 15.0. The Morgan fingerprint density at radius 2 is 2.05 bits per heavy atom. The van der Waals surface area contributed by atoms with Crippen molar-refractivity contribution in [3.05, 3.63) is 16.2 Å². The summed E-state index contributed by atoms with van der Waals surface area (Å²) in [6.45, 7) is 0.313. The van der Waals surface area contributed by atoms with Crippen molar-refractivity contribution in [2.75, 3.05) is 19.8 Å². The van der Waals surface area contributed by atoms with Gasteiger partial charge in [0.05, 0.1) is 5.69 Å². The van der Waals surface area contributed by atoms with Crippen LogP contribution in [0.2, 0.25) is 0 Å². The lowest BCUT2D eigenvalue weighted by Crippen LogP contribution is -2.19. The third-order valence-electron chi connectivity index (χ3n) is 2.79. The second-order valence-electron chi connectivity index (χ2n) is 4.36. The Bertz CT molecular complexity index is 479. The highest BCUT2D eigenvalue weighted by Gasteiger charge is 2.12. The van der Waals surface area contributed by atoms with Gasteiger partial charge in [0.15, 0.2) is 0 Å². The summed E-state index contributed by atoms with van der Waals surface area (Å²) >= 11 is 0.